The van der Waals surface area contributed by atoms with Crippen LogP contribution in [0.15, 0.2) is 28.6 Å². The summed E-state index contributed by atoms with van der Waals surface area (Å²) in [5, 5.41) is 2.79. The van der Waals surface area contributed by atoms with Gasteiger partial charge in [-0.15, -0.1) is 11.3 Å². The van der Waals surface area contributed by atoms with Gasteiger partial charge in [0.05, 0.1) is 9.92 Å². The minimum atomic E-state index is -1.52. The van der Waals surface area contributed by atoms with Crippen molar-refractivity contribution in [3.8, 4) is 0 Å². The number of hydrogen-bond acceptors (Lipinski definition) is 4. The van der Waals surface area contributed by atoms with E-state index < -0.39 is 11.0 Å². The van der Waals surface area contributed by atoms with Crippen molar-refractivity contribution in [2.75, 3.05) is 16.2 Å². The van der Waals surface area contributed by atoms with Crippen LogP contribution < -0.4 is 9.62 Å². The van der Waals surface area contributed by atoms with Gasteiger partial charge in [0, 0.05) is 30.7 Å². The Kier molecular flexibility index (Phi) is 6.15. The number of carbonyl (C=O) groups is 1. The molecule has 1 atom stereocenters. The lowest BCUT2D eigenvalue weighted by Crippen LogP contribution is -2.25. The molecule has 2 aromatic rings. The molecular weight excluding hydrogens is 354 g/mol. The normalized spacial score (nSPS) is 13.8. The lowest BCUT2D eigenvalue weighted by atomic mass is 10.2. The third-order valence-electron chi connectivity index (χ3n) is 3.22. The molecule has 0 saturated carbocycles. The smallest absolute Gasteiger partial charge is 0.223 e. The van der Waals surface area contributed by atoms with E-state index in [1.807, 2.05) is 13.8 Å². The number of rotatable bonds is 3. The molecule has 0 radical (unpaired) electrons. The summed E-state index contributed by atoms with van der Waals surface area (Å²) in [6.45, 7) is 6.16. The summed E-state index contributed by atoms with van der Waals surface area (Å²) in [4.78, 5) is 17.8. The molecule has 1 aliphatic heterocycles. The van der Waals surface area contributed by atoms with Crippen LogP contribution in [0.3, 0.4) is 0 Å². The van der Waals surface area contributed by atoms with E-state index in [4.69, 9.17) is 11.6 Å². The van der Waals surface area contributed by atoms with E-state index in [9.17, 15) is 9.00 Å². The summed E-state index contributed by atoms with van der Waals surface area (Å²) in [6.07, 6.45) is 2.40. The SMILES string of the molecule is CC.CC(=O)N1CCc2cc(Cl)c(S(=O)Nc3nccs3)cc21. The molecule has 2 heterocycles. The van der Waals surface area contributed by atoms with E-state index in [0.29, 0.717) is 21.6 Å². The maximum Gasteiger partial charge on any atom is 0.223 e. The summed E-state index contributed by atoms with van der Waals surface area (Å²) in [6, 6.07) is 3.51. The highest BCUT2D eigenvalue weighted by Gasteiger charge is 2.25. The predicted octanol–water partition coefficient (Wildman–Crippen LogP) is 3.87. The summed E-state index contributed by atoms with van der Waals surface area (Å²) in [5.41, 5.74) is 1.79. The summed E-state index contributed by atoms with van der Waals surface area (Å²) in [5.74, 6) is -0.0271. The molecule has 1 amide bonds. The van der Waals surface area contributed by atoms with Gasteiger partial charge in [0.15, 0.2) is 16.1 Å². The fraction of sp³-hybridized carbons (Fsp3) is 0.333. The predicted molar refractivity (Wildman–Crippen MR) is 96.7 cm³/mol. The molecule has 0 fully saturated rings. The number of carbonyl (C=O) groups excluding carboxylic acids is 1. The van der Waals surface area contributed by atoms with Crippen molar-refractivity contribution in [1.82, 2.24) is 4.98 Å². The summed E-state index contributed by atoms with van der Waals surface area (Å²) < 4.78 is 15.2. The Morgan fingerprint density at radius 3 is 2.78 bits per heavy atom. The lowest BCUT2D eigenvalue weighted by molar-refractivity contribution is -0.116. The summed E-state index contributed by atoms with van der Waals surface area (Å²) in [7, 11) is -1.52. The number of nitrogens with zero attached hydrogens (tertiary/aromatic N) is 2. The molecule has 8 heteroatoms. The Bertz CT molecular complexity index is 720. The van der Waals surface area contributed by atoms with Crippen molar-refractivity contribution < 1.29 is 9.00 Å². The van der Waals surface area contributed by atoms with E-state index in [1.165, 1.54) is 18.3 Å². The molecule has 0 spiro atoms. The second kappa shape index (κ2) is 7.90. The molecule has 0 aliphatic carbocycles. The quantitative estimate of drug-likeness (QED) is 0.890. The zero-order chi connectivity index (χ0) is 17.0. The van der Waals surface area contributed by atoms with Crippen molar-refractivity contribution in [3.05, 3.63) is 34.3 Å². The van der Waals surface area contributed by atoms with Crippen molar-refractivity contribution in [2.24, 2.45) is 0 Å². The third kappa shape index (κ3) is 3.91. The van der Waals surface area contributed by atoms with Gasteiger partial charge in [-0.25, -0.2) is 9.19 Å². The maximum absolute atomic E-state index is 12.4. The molecule has 23 heavy (non-hydrogen) atoms. The Labute approximate surface area is 147 Å². The Balaban J connectivity index is 0.000000924. The molecule has 3 rings (SSSR count). The van der Waals surface area contributed by atoms with Crippen LogP contribution >= 0.6 is 22.9 Å². The van der Waals surface area contributed by atoms with Crippen molar-refractivity contribution in [1.29, 1.82) is 0 Å². The molecule has 0 saturated heterocycles. The molecule has 0 bridgehead atoms. The van der Waals surface area contributed by atoms with Crippen LogP contribution in [0, 0.1) is 0 Å². The second-order valence-corrected chi connectivity index (χ2v) is 7.02. The fourth-order valence-corrected chi connectivity index (χ4v) is 4.23. The highest BCUT2D eigenvalue weighted by molar-refractivity contribution is 7.86. The van der Waals surface area contributed by atoms with E-state index in [0.717, 1.165) is 17.7 Å². The minimum Gasteiger partial charge on any atom is -0.312 e. The Morgan fingerprint density at radius 2 is 2.17 bits per heavy atom. The van der Waals surface area contributed by atoms with Gasteiger partial charge in [-0.3, -0.25) is 9.52 Å². The van der Waals surface area contributed by atoms with Crippen LogP contribution in [0.4, 0.5) is 10.8 Å². The van der Waals surface area contributed by atoms with Gasteiger partial charge in [0.25, 0.3) is 0 Å². The lowest BCUT2D eigenvalue weighted by Gasteiger charge is -2.16. The fourth-order valence-electron chi connectivity index (χ4n) is 2.27. The average molecular weight is 372 g/mol. The molecule has 1 aliphatic rings. The van der Waals surface area contributed by atoms with Gasteiger partial charge >= 0.3 is 0 Å². The average Bonchev–Trinajstić information content (AvgIpc) is 3.17. The first-order valence-electron chi connectivity index (χ1n) is 7.24. The van der Waals surface area contributed by atoms with Gasteiger partial charge in [0.1, 0.15) is 0 Å². The molecule has 1 unspecified atom stereocenters. The largest absolute Gasteiger partial charge is 0.312 e. The number of nitrogens with one attached hydrogen (secondary N) is 1. The van der Waals surface area contributed by atoms with E-state index in [-0.39, 0.29) is 5.91 Å². The van der Waals surface area contributed by atoms with Gasteiger partial charge < -0.3 is 4.90 Å². The molecular formula is C15H18ClN3O2S2. The van der Waals surface area contributed by atoms with E-state index >= 15 is 0 Å². The van der Waals surface area contributed by atoms with Crippen molar-refractivity contribution in [3.63, 3.8) is 0 Å². The molecule has 1 aromatic heterocycles. The van der Waals surface area contributed by atoms with Crippen molar-refractivity contribution >= 4 is 50.6 Å². The first kappa shape index (κ1) is 17.9. The van der Waals surface area contributed by atoms with Gasteiger partial charge in [-0.1, -0.05) is 25.4 Å². The van der Waals surface area contributed by atoms with E-state index in [2.05, 4.69) is 9.71 Å². The Hall–Kier alpha value is -1.44. The molecule has 1 N–H and O–H groups in total. The topological polar surface area (TPSA) is 62.3 Å². The number of amides is 1. The van der Waals surface area contributed by atoms with Crippen LogP contribution in [-0.4, -0.2) is 21.6 Å². The number of anilines is 2. The zero-order valence-corrected chi connectivity index (χ0v) is 15.5. The van der Waals surface area contributed by atoms with Crippen molar-refractivity contribution in [2.45, 2.75) is 32.1 Å². The first-order valence-corrected chi connectivity index (χ1v) is 9.65. The third-order valence-corrected chi connectivity index (χ3v) is 5.58. The van der Waals surface area contributed by atoms with Crippen LogP contribution in [0.1, 0.15) is 26.3 Å². The maximum atomic E-state index is 12.4. The zero-order valence-electron chi connectivity index (χ0n) is 13.1. The van der Waals surface area contributed by atoms with Crippen LogP contribution in [0.25, 0.3) is 0 Å². The standard InChI is InChI=1S/C13H12ClN3O2S2.C2H6/c1-8(18)17-4-2-9-6-10(14)12(7-11(9)17)21(19)16-13-15-3-5-20-13;1-2/h3,5-7H,2,4H2,1H3,(H,15,16);1-2H3. The monoisotopic (exact) mass is 371 g/mol. The number of fused-ring (bicyclic) bond motifs is 1. The second-order valence-electron chi connectivity index (χ2n) is 4.54. The molecule has 5 nitrogen and oxygen atoms in total. The highest BCUT2D eigenvalue weighted by atomic mass is 35.5. The van der Waals surface area contributed by atoms with Crippen LogP contribution in [-0.2, 0) is 22.2 Å². The van der Waals surface area contributed by atoms with Crippen LogP contribution in [0.2, 0.25) is 5.02 Å². The Morgan fingerprint density at radius 1 is 1.43 bits per heavy atom. The van der Waals surface area contributed by atoms with Gasteiger partial charge in [0.2, 0.25) is 5.91 Å². The minimum absolute atomic E-state index is 0.0271. The number of aromatic nitrogens is 1. The van der Waals surface area contributed by atoms with E-state index in [1.54, 1.807) is 28.6 Å². The summed E-state index contributed by atoms with van der Waals surface area (Å²) >= 11 is 7.58. The first-order chi connectivity index (χ1) is 11.1. The number of benzene rings is 1. The molecule has 124 valence electrons. The number of thiazole rings is 1. The highest BCUT2D eigenvalue weighted by Crippen LogP contribution is 2.35. The number of hydrogen-bond donors (Lipinski definition) is 1. The number of halogens is 1. The van der Waals surface area contributed by atoms with Gasteiger partial charge in [-0.2, -0.15) is 0 Å². The van der Waals surface area contributed by atoms with Gasteiger partial charge in [-0.05, 0) is 24.1 Å². The molecule has 1 aromatic carbocycles. The van der Waals surface area contributed by atoms with Crippen LogP contribution in [0.5, 0.6) is 0 Å².